The highest BCUT2D eigenvalue weighted by atomic mass is 16.6. The van der Waals surface area contributed by atoms with Crippen LogP contribution in [-0.4, -0.2) is 40.8 Å². The maximum Gasteiger partial charge on any atom is 0.412 e. The van der Waals surface area contributed by atoms with Crippen LogP contribution in [-0.2, 0) is 14.3 Å². The molecule has 182 valence electrons. The molecule has 2 atom stereocenters. The van der Waals surface area contributed by atoms with E-state index in [1.807, 2.05) is 0 Å². The van der Waals surface area contributed by atoms with Crippen LogP contribution in [0.4, 0.5) is 10.5 Å². The van der Waals surface area contributed by atoms with Gasteiger partial charge in [0.05, 0.1) is 0 Å². The third kappa shape index (κ3) is 6.44. The summed E-state index contributed by atoms with van der Waals surface area (Å²) in [5, 5.41) is 22.9. The van der Waals surface area contributed by atoms with Crippen molar-refractivity contribution in [2.24, 2.45) is 0 Å². The number of phenols is 1. The van der Waals surface area contributed by atoms with Crippen LogP contribution in [0.3, 0.4) is 0 Å². The average molecular weight is 479 g/mol. The number of hydrogen-bond donors (Lipinski definition) is 4. The number of amides is 2. The first-order valence-electron chi connectivity index (χ1n) is 10.9. The Labute approximate surface area is 201 Å². The second kappa shape index (κ2) is 11.8. The minimum Gasteiger partial charge on any atom is -0.507 e. The van der Waals surface area contributed by atoms with Crippen LogP contribution in [0.25, 0.3) is 10.8 Å². The van der Waals surface area contributed by atoms with E-state index in [1.54, 1.807) is 61.5 Å². The van der Waals surface area contributed by atoms with Gasteiger partial charge in [-0.3, -0.25) is 20.1 Å². The van der Waals surface area contributed by atoms with Gasteiger partial charge in [-0.15, -0.1) is 0 Å². The van der Waals surface area contributed by atoms with Crippen molar-refractivity contribution in [2.75, 3.05) is 11.9 Å². The molecule has 0 fully saturated rings. The molecule has 0 aromatic heterocycles. The molecule has 3 rings (SSSR count). The van der Waals surface area contributed by atoms with Crippen molar-refractivity contribution >= 4 is 34.2 Å². The summed E-state index contributed by atoms with van der Waals surface area (Å²) >= 11 is 0. The average Bonchev–Trinajstić information content (AvgIpc) is 2.86. The highest BCUT2D eigenvalue weighted by Crippen LogP contribution is 2.35. The minimum absolute atomic E-state index is 0.0567. The number of ether oxygens (including phenoxy) is 2. The first-order chi connectivity index (χ1) is 16.8. The second-order valence-corrected chi connectivity index (χ2v) is 7.56. The number of carbonyl (C=O) groups excluding carboxylic acids is 3. The van der Waals surface area contributed by atoms with Crippen LogP contribution in [0.1, 0.15) is 35.9 Å². The van der Waals surface area contributed by atoms with E-state index in [2.05, 4.69) is 5.32 Å². The molecule has 0 spiro atoms. The molecule has 3 aromatic carbocycles. The van der Waals surface area contributed by atoms with Crippen molar-refractivity contribution in [2.45, 2.75) is 26.1 Å². The standard InChI is InChI=1S/C26H26N2O7/c1-3-34-23(14-15-24(31)28-33)25(21-12-13-22(30)20-7-5-4-6-19(20)21)35-26(32)27-18-10-8-17(9-11-18)16(2)29/h4-15,23,25,30,33H,3H2,1-2H3,(H,27,32)(H,28,31)/b15-14+/t23-,25-/m1/s1. The topological polar surface area (TPSA) is 134 Å². The Kier molecular flexibility index (Phi) is 8.55. The maximum atomic E-state index is 12.9. The van der Waals surface area contributed by atoms with Crippen molar-refractivity contribution in [3.63, 3.8) is 0 Å². The Bertz CT molecular complexity index is 1240. The lowest BCUT2D eigenvalue weighted by Crippen LogP contribution is -2.28. The molecule has 0 saturated heterocycles. The van der Waals surface area contributed by atoms with Gasteiger partial charge in [-0.25, -0.2) is 10.3 Å². The number of benzene rings is 3. The van der Waals surface area contributed by atoms with E-state index < -0.39 is 24.2 Å². The normalized spacial score (nSPS) is 12.8. The van der Waals surface area contributed by atoms with E-state index in [0.29, 0.717) is 27.6 Å². The largest absolute Gasteiger partial charge is 0.507 e. The van der Waals surface area contributed by atoms with Gasteiger partial charge in [0, 0.05) is 34.9 Å². The number of ketones is 1. The summed E-state index contributed by atoms with van der Waals surface area (Å²) in [6.45, 7) is 3.43. The van der Waals surface area contributed by atoms with Gasteiger partial charge in [-0.2, -0.15) is 0 Å². The molecule has 0 heterocycles. The van der Waals surface area contributed by atoms with Gasteiger partial charge in [0.15, 0.2) is 11.9 Å². The molecule has 0 aliphatic heterocycles. The highest BCUT2D eigenvalue weighted by Gasteiger charge is 2.28. The van der Waals surface area contributed by atoms with Gasteiger partial charge in [-0.05, 0) is 55.6 Å². The van der Waals surface area contributed by atoms with E-state index in [4.69, 9.17) is 14.7 Å². The van der Waals surface area contributed by atoms with E-state index >= 15 is 0 Å². The molecule has 9 nitrogen and oxygen atoms in total. The van der Waals surface area contributed by atoms with E-state index in [9.17, 15) is 19.5 Å². The zero-order chi connectivity index (χ0) is 25.4. The van der Waals surface area contributed by atoms with Gasteiger partial charge in [0.25, 0.3) is 5.91 Å². The number of carbonyl (C=O) groups is 3. The minimum atomic E-state index is -1.03. The van der Waals surface area contributed by atoms with Crippen LogP contribution in [0.15, 0.2) is 72.8 Å². The molecular weight excluding hydrogens is 452 g/mol. The molecule has 0 unspecified atom stereocenters. The molecule has 0 bridgehead atoms. The number of aromatic hydroxyl groups is 1. The van der Waals surface area contributed by atoms with E-state index in [-0.39, 0.29) is 18.1 Å². The smallest absolute Gasteiger partial charge is 0.412 e. The Morgan fingerprint density at radius 2 is 1.69 bits per heavy atom. The molecule has 35 heavy (non-hydrogen) atoms. The summed E-state index contributed by atoms with van der Waals surface area (Å²) < 4.78 is 11.6. The number of fused-ring (bicyclic) bond motifs is 1. The molecule has 0 radical (unpaired) electrons. The predicted octanol–water partition coefficient (Wildman–Crippen LogP) is 4.50. The summed E-state index contributed by atoms with van der Waals surface area (Å²) in [6.07, 6.45) is -0.295. The third-order valence-electron chi connectivity index (χ3n) is 5.22. The Morgan fingerprint density at radius 1 is 1.00 bits per heavy atom. The Morgan fingerprint density at radius 3 is 2.31 bits per heavy atom. The number of rotatable bonds is 9. The predicted molar refractivity (Wildman–Crippen MR) is 129 cm³/mol. The Balaban J connectivity index is 1.98. The van der Waals surface area contributed by atoms with Crippen LogP contribution in [0.2, 0.25) is 0 Å². The third-order valence-corrected chi connectivity index (χ3v) is 5.22. The number of Topliss-reactive ketones (excluding diaryl/α,β-unsaturated/α-hetero) is 1. The summed E-state index contributed by atoms with van der Waals surface area (Å²) in [6, 6.07) is 16.5. The summed E-state index contributed by atoms with van der Waals surface area (Å²) in [7, 11) is 0. The fourth-order valence-electron chi connectivity index (χ4n) is 3.57. The zero-order valence-electron chi connectivity index (χ0n) is 19.2. The molecule has 4 N–H and O–H groups in total. The van der Waals surface area contributed by atoms with Gasteiger partial charge in [0.1, 0.15) is 11.9 Å². The number of phenolic OH excluding ortho intramolecular Hbond substituents is 1. The number of nitrogens with one attached hydrogen (secondary N) is 2. The van der Waals surface area contributed by atoms with Gasteiger partial charge in [0.2, 0.25) is 0 Å². The van der Waals surface area contributed by atoms with Gasteiger partial charge in [-0.1, -0.05) is 30.3 Å². The number of hydroxylamine groups is 1. The molecule has 3 aromatic rings. The molecule has 0 saturated carbocycles. The summed E-state index contributed by atoms with van der Waals surface area (Å²) in [4.78, 5) is 36.0. The van der Waals surface area contributed by atoms with Crippen molar-refractivity contribution in [3.8, 4) is 5.75 Å². The first-order valence-corrected chi connectivity index (χ1v) is 10.9. The summed E-state index contributed by atoms with van der Waals surface area (Å²) in [5.41, 5.74) is 2.96. The fourth-order valence-corrected chi connectivity index (χ4v) is 3.57. The first kappa shape index (κ1) is 25.4. The monoisotopic (exact) mass is 478 g/mol. The molecule has 0 aliphatic rings. The van der Waals surface area contributed by atoms with E-state index in [1.165, 1.54) is 24.5 Å². The fraction of sp³-hybridized carbons (Fsp3) is 0.192. The lowest BCUT2D eigenvalue weighted by molar-refractivity contribution is -0.124. The van der Waals surface area contributed by atoms with Gasteiger partial charge >= 0.3 is 6.09 Å². The highest BCUT2D eigenvalue weighted by molar-refractivity contribution is 5.95. The van der Waals surface area contributed by atoms with Crippen molar-refractivity contribution in [3.05, 3.63) is 83.9 Å². The Hall–Kier alpha value is -4.21. The van der Waals surface area contributed by atoms with Crippen LogP contribution >= 0.6 is 0 Å². The zero-order valence-corrected chi connectivity index (χ0v) is 19.2. The van der Waals surface area contributed by atoms with Crippen LogP contribution in [0.5, 0.6) is 5.75 Å². The van der Waals surface area contributed by atoms with Gasteiger partial charge < -0.3 is 14.6 Å². The van der Waals surface area contributed by atoms with Crippen molar-refractivity contribution < 1.29 is 34.2 Å². The van der Waals surface area contributed by atoms with Crippen molar-refractivity contribution in [1.29, 1.82) is 0 Å². The lowest BCUT2D eigenvalue weighted by Gasteiger charge is -2.26. The van der Waals surface area contributed by atoms with Crippen LogP contribution in [0, 0.1) is 0 Å². The maximum absolute atomic E-state index is 12.9. The van der Waals surface area contributed by atoms with Crippen LogP contribution < -0.4 is 10.8 Å². The molecule has 2 amide bonds. The molecule has 9 heteroatoms. The SMILES string of the molecule is CCO[C@H](/C=C/C(=O)NO)[C@H](OC(=O)Nc1ccc(C(C)=O)cc1)c1ccc(O)c2ccccc12. The summed E-state index contributed by atoms with van der Waals surface area (Å²) in [5.74, 6) is -0.822. The molecular formula is C26H26N2O7. The quantitative estimate of drug-likeness (QED) is 0.154. The number of hydrogen-bond acceptors (Lipinski definition) is 7. The lowest BCUT2D eigenvalue weighted by atomic mass is 9.96. The van der Waals surface area contributed by atoms with E-state index in [0.717, 1.165) is 6.08 Å². The number of anilines is 1. The molecule has 0 aliphatic carbocycles. The second-order valence-electron chi connectivity index (χ2n) is 7.56. The van der Waals surface area contributed by atoms with Crippen molar-refractivity contribution in [1.82, 2.24) is 5.48 Å².